The second-order valence-corrected chi connectivity index (χ2v) is 6.35. The third kappa shape index (κ3) is 3.86. The van der Waals surface area contributed by atoms with Crippen LogP contribution in [0.25, 0.3) is 5.57 Å². The zero-order valence-corrected chi connectivity index (χ0v) is 16.3. The number of hydrogen-bond acceptors (Lipinski definition) is 5. The van der Waals surface area contributed by atoms with Gasteiger partial charge in [0, 0.05) is 7.05 Å². The monoisotopic (exact) mass is 380 g/mol. The van der Waals surface area contributed by atoms with Gasteiger partial charge in [-0.15, -0.1) is 0 Å². The number of benzene rings is 2. The number of ether oxygens (including phenoxy) is 2. The van der Waals surface area contributed by atoms with Gasteiger partial charge in [-0.25, -0.2) is 0 Å². The molecule has 1 aliphatic rings. The second-order valence-electron chi connectivity index (χ2n) is 6.35. The van der Waals surface area contributed by atoms with Gasteiger partial charge in [-0.3, -0.25) is 14.5 Å². The van der Waals surface area contributed by atoms with E-state index in [9.17, 15) is 9.59 Å². The molecule has 1 heterocycles. The molecule has 2 aromatic rings. The van der Waals surface area contributed by atoms with Crippen LogP contribution >= 0.6 is 0 Å². The predicted molar refractivity (Wildman–Crippen MR) is 108 cm³/mol. The molecule has 146 valence electrons. The van der Waals surface area contributed by atoms with Gasteiger partial charge in [-0.1, -0.05) is 31.2 Å². The quantitative estimate of drug-likeness (QED) is 0.708. The Labute approximate surface area is 164 Å². The highest BCUT2D eigenvalue weighted by Gasteiger charge is 2.37. The van der Waals surface area contributed by atoms with Crippen molar-refractivity contribution in [2.75, 3.05) is 25.6 Å². The number of imide groups is 1. The average Bonchev–Trinajstić information content (AvgIpc) is 2.92. The molecular weight excluding hydrogens is 356 g/mol. The number of hydrogen-bond donors (Lipinski definition) is 1. The Morgan fingerprint density at radius 3 is 2.32 bits per heavy atom. The van der Waals surface area contributed by atoms with Crippen LogP contribution < -0.4 is 14.8 Å². The van der Waals surface area contributed by atoms with E-state index in [0.29, 0.717) is 35.8 Å². The Morgan fingerprint density at radius 1 is 0.929 bits per heavy atom. The minimum Gasteiger partial charge on any atom is -0.494 e. The molecule has 0 unspecified atom stereocenters. The van der Waals surface area contributed by atoms with Gasteiger partial charge in [-0.2, -0.15) is 0 Å². The molecule has 0 fully saturated rings. The van der Waals surface area contributed by atoms with Crippen LogP contribution in [-0.2, 0) is 9.59 Å². The SMILES string of the molecule is CCCOc1ccc(C2=C(Nc3ccccc3OCC)C(=O)N(C)C2=O)cc1. The van der Waals surface area contributed by atoms with Crippen LogP contribution in [0, 0.1) is 0 Å². The third-order valence-corrected chi connectivity index (χ3v) is 4.35. The lowest BCUT2D eigenvalue weighted by Gasteiger charge is -2.13. The van der Waals surface area contributed by atoms with Crippen LogP contribution in [0.2, 0.25) is 0 Å². The maximum absolute atomic E-state index is 12.7. The predicted octanol–water partition coefficient (Wildman–Crippen LogP) is 3.70. The van der Waals surface area contributed by atoms with E-state index < -0.39 is 0 Å². The van der Waals surface area contributed by atoms with E-state index in [0.717, 1.165) is 17.1 Å². The van der Waals surface area contributed by atoms with Crippen LogP contribution in [0.3, 0.4) is 0 Å². The van der Waals surface area contributed by atoms with Crippen molar-refractivity contribution in [3.05, 3.63) is 59.8 Å². The minimum atomic E-state index is -0.377. The molecule has 6 heteroatoms. The molecule has 0 radical (unpaired) electrons. The Morgan fingerprint density at radius 2 is 1.64 bits per heavy atom. The number of rotatable bonds is 8. The highest BCUT2D eigenvalue weighted by molar-refractivity contribution is 6.36. The molecule has 0 atom stereocenters. The van der Waals surface area contributed by atoms with Crippen molar-refractivity contribution in [2.24, 2.45) is 0 Å². The smallest absolute Gasteiger partial charge is 0.277 e. The van der Waals surface area contributed by atoms with Gasteiger partial charge in [0.1, 0.15) is 17.2 Å². The molecule has 0 aliphatic carbocycles. The van der Waals surface area contributed by atoms with Gasteiger partial charge in [0.05, 0.1) is 24.5 Å². The van der Waals surface area contributed by atoms with Crippen molar-refractivity contribution in [1.29, 1.82) is 0 Å². The van der Waals surface area contributed by atoms with Gasteiger partial charge >= 0.3 is 0 Å². The maximum atomic E-state index is 12.7. The summed E-state index contributed by atoms with van der Waals surface area (Å²) in [6.07, 6.45) is 0.915. The van der Waals surface area contributed by atoms with E-state index in [2.05, 4.69) is 5.32 Å². The Hall–Kier alpha value is -3.28. The number of nitrogens with zero attached hydrogens (tertiary/aromatic N) is 1. The van der Waals surface area contributed by atoms with Gasteiger partial charge < -0.3 is 14.8 Å². The first-order valence-electron chi connectivity index (χ1n) is 9.35. The van der Waals surface area contributed by atoms with Crippen molar-refractivity contribution >= 4 is 23.1 Å². The molecule has 0 aromatic heterocycles. The van der Waals surface area contributed by atoms with E-state index in [-0.39, 0.29) is 17.5 Å². The minimum absolute atomic E-state index is 0.238. The first kappa shape index (κ1) is 19.5. The number of para-hydroxylation sites is 2. The summed E-state index contributed by atoms with van der Waals surface area (Å²) in [5.74, 6) is 0.628. The van der Waals surface area contributed by atoms with Crippen molar-refractivity contribution in [1.82, 2.24) is 4.90 Å². The number of nitrogens with one attached hydrogen (secondary N) is 1. The maximum Gasteiger partial charge on any atom is 0.277 e. The molecule has 0 bridgehead atoms. The van der Waals surface area contributed by atoms with E-state index >= 15 is 0 Å². The van der Waals surface area contributed by atoms with E-state index in [1.165, 1.54) is 7.05 Å². The summed E-state index contributed by atoms with van der Waals surface area (Å²) in [4.78, 5) is 26.5. The first-order chi connectivity index (χ1) is 13.6. The molecular formula is C22H24N2O4. The van der Waals surface area contributed by atoms with E-state index in [1.807, 2.05) is 38.1 Å². The number of carbonyl (C=O) groups excluding carboxylic acids is 2. The zero-order chi connectivity index (χ0) is 20.1. The molecule has 0 spiro atoms. The number of amides is 2. The number of likely N-dealkylation sites (N-methyl/N-ethyl adjacent to an activating group) is 1. The molecule has 0 saturated carbocycles. The second kappa shape index (κ2) is 8.61. The summed E-state index contributed by atoms with van der Waals surface area (Å²) in [6.45, 7) is 5.05. The molecule has 28 heavy (non-hydrogen) atoms. The highest BCUT2D eigenvalue weighted by atomic mass is 16.5. The van der Waals surface area contributed by atoms with Crippen molar-refractivity contribution in [3.63, 3.8) is 0 Å². The lowest BCUT2D eigenvalue weighted by atomic mass is 10.0. The molecule has 1 aliphatic heterocycles. The molecule has 2 aromatic carbocycles. The van der Waals surface area contributed by atoms with Gasteiger partial charge in [0.2, 0.25) is 0 Å². The first-order valence-corrected chi connectivity index (χ1v) is 9.35. The Kier molecular flexibility index (Phi) is 5.99. The van der Waals surface area contributed by atoms with Crippen molar-refractivity contribution in [2.45, 2.75) is 20.3 Å². The third-order valence-electron chi connectivity index (χ3n) is 4.35. The summed E-state index contributed by atoms with van der Waals surface area (Å²) in [7, 11) is 1.48. The molecule has 6 nitrogen and oxygen atoms in total. The fraction of sp³-hybridized carbons (Fsp3) is 0.273. The molecule has 2 amide bonds. The molecule has 3 rings (SSSR count). The molecule has 0 saturated heterocycles. The number of anilines is 1. The standard InChI is InChI=1S/C22H24N2O4/c1-4-14-28-16-12-10-15(11-13-16)19-20(22(26)24(3)21(19)25)23-17-8-6-7-9-18(17)27-5-2/h6-13,23H,4-5,14H2,1-3H3. The van der Waals surface area contributed by atoms with Crippen LogP contribution in [-0.4, -0.2) is 37.0 Å². The summed E-state index contributed by atoms with van der Waals surface area (Å²) in [6, 6.07) is 14.5. The van der Waals surface area contributed by atoms with Gasteiger partial charge in [-0.05, 0) is 43.2 Å². The van der Waals surface area contributed by atoms with Gasteiger partial charge in [0.25, 0.3) is 11.8 Å². The van der Waals surface area contributed by atoms with Gasteiger partial charge in [0.15, 0.2) is 0 Å². The van der Waals surface area contributed by atoms with E-state index in [4.69, 9.17) is 9.47 Å². The summed E-state index contributed by atoms with van der Waals surface area (Å²) >= 11 is 0. The summed E-state index contributed by atoms with van der Waals surface area (Å²) in [5, 5.41) is 3.11. The normalized spacial score (nSPS) is 13.9. The van der Waals surface area contributed by atoms with Crippen molar-refractivity contribution < 1.29 is 19.1 Å². The lowest BCUT2D eigenvalue weighted by Crippen LogP contribution is -2.28. The lowest BCUT2D eigenvalue weighted by molar-refractivity contribution is -0.135. The summed E-state index contributed by atoms with van der Waals surface area (Å²) in [5.41, 5.74) is 1.86. The van der Waals surface area contributed by atoms with Crippen LogP contribution in [0.1, 0.15) is 25.8 Å². The fourth-order valence-corrected chi connectivity index (χ4v) is 2.95. The number of carbonyl (C=O) groups is 2. The van der Waals surface area contributed by atoms with E-state index in [1.54, 1.807) is 24.3 Å². The largest absolute Gasteiger partial charge is 0.494 e. The molecule has 1 N–H and O–H groups in total. The zero-order valence-electron chi connectivity index (χ0n) is 16.3. The van der Waals surface area contributed by atoms with Crippen molar-refractivity contribution in [3.8, 4) is 11.5 Å². The Balaban J connectivity index is 1.98. The average molecular weight is 380 g/mol. The topological polar surface area (TPSA) is 67.9 Å². The van der Waals surface area contributed by atoms with Crippen LogP contribution in [0.4, 0.5) is 5.69 Å². The Bertz CT molecular complexity index is 903. The van der Waals surface area contributed by atoms with Crippen LogP contribution in [0.5, 0.6) is 11.5 Å². The summed E-state index contributed by atoms with van der Waals surface area (Å²) < 4.78 is 11.2. The van der Waals surface area contributed by atoms with Crippen LogP contribution in [0.15, 0.2) is 54.2 Å². The fourth-order valence-electron chi connectivity index (χ4n) is 2.95. The highest BCUT2D eigenvalue weighted by Crippen LogP contribution is 2.33.